The van der Waals surface area contributed by atoms with Crippen molar-refractivity contribution < 1.29 is 14.4 Å². The first-order valence-corrected chi connectivity index (χ1v) is 7.69. The van der Waals surface area contributed by atoms with E-state index in [1.54, 1.807) is 0 Å². The van der Waals surface area contributed by atoms with Gasteiger partial charge in [-0.3, -0.25) is 25.2 Å². The summed E-state index contributed by atoms with van der Waals surface area (Å²) in [6, 6.07) is -1.99. The highest BCUT2D eigenvalue weighted by atomic mass is 35.5. The zero-order chi connectivity index (χ0) is 19.0. The summed E-state index contributed by atoms with van der Waals surface area (Å²) in [4.78, 5) is 44.1. The molecule has 0 aromatic carbocycles. The molecule has 14 heteroatoms. The van der Waals surface area contributed by atoms with Crippen LogP contribution in [-0.4, -0.2) is 66.9 Å². The third kappa shape index (κ3) is 9.82. The van der Waals surface area contributed by atoms with Gasteiger partial charge in [-0.05, 0) is 12.8 Å². The number of hydrogen-bond donors (Lipinski definition) is 6. The van der Waals surface area contributed by atoms with E-state index in [4.69, 9.17) is 22.9 Å². The van der Waals surface area contributed by atoms with E-state index in [-0.39, 0.29) is 61.6 Å². The molecule has 0 aromatic heterocycles. The van der Waals surface area contributed by atoms with Gasteiger partial charge in [0.05, 0.1) is 6.54 Å². The number of likely N-dealkylation sites (N-methyl/N-ethyl adjacent to an activating group) is 1. The molecule has 0 radical (unpaired) electrons. The van der Waals surface area contributed by atoms with Crippen LogP contribution in [0.25, 0.3) is 0 Å². The Morgan fingerprint density at radius 2 is 2.00 bits per heavy atom. The molecule has 156 valence electrons. The molecule has 0 bridgehead atoms. The number of halogens is 2. The Morgan fingerprint density at radius 1 is 1.37 bits per heavy atom. The lowest BCUT2D eigenvalue weighted by molar-refractivity contribution is -0.138. The fraction of sp³-hybridized carbons (Fsp3) is 0.615. The Balaban J connectivity index is 0. The van der Waals surface area contributed by atoms with E-state index in [2.05, 4.69) is 20.6 Å². The van der Waals surface area contributed by atoms with E-state index >= 15 is 0 Å². The van der Waals surface area contributed by atoms with Gasteiger partial charge in [0, 0.05) is 26.1 Å². The van der Waals surface area contributed by atoms with Crippen LogP contribution in [0.4, 0.5) is 4.79 Å². The van der Waals surface area contributed by atoms with Crippen LogP contribution in [0.3, 0.4) is 0 Å². The highest BCUT2D eigenvalue weighted by molar-refractivity contribution is 6.07. The van der Waals surface area contributed by atoms with Gasteiger partial charge in [0.2, 0.25) is 11.9 Å². The van der Waals surface area contributed by atoms with Crippen LogP contribution in [0.15, 0.2) is 9.98 Å². The fourth-order valence-corrected chi connectivity index (χ4v) is 2.19. The molecule has 0 unspecified atom stereocenters. The van der Waals surface area contributed by atoms with Gasteiger partial charge in [-0.1, -0.05) is 0 Å². The van der Waals surface area contributed by atoms with E-state index in [0.717, 1.165) is 0 Å². The molecule has 10 N–H and O–H groups in total. The quantitative estimate of drug-likeness (QED) is 0.148. The summed E-state index contributed by atoms with van der Waals surface area (Å²) in [5.41, 5.74) is 21.3. The van der Waals surface area contributed by atoms with Crippen LogP contribution in [0.2, 0.25) is 0 Å². The van der Waals surface area contributed by atoms with Crippen LogP contribution in [-0.2, 0) is 9.59 Å². The second kappa shape index (κ2) is 12.9. The third-order valence-corrected chi connectivity index (χ3v) is 3.53. The standard InChI is InChI=1S/C13H25N9O3.2ClH/c1-22(8-6-19-13(20-10(8)24)21-12(17)25)9(23)5-7(14)3-2-4-18-11(15)16;;/h7-8H,2-6,14H2,1H3,(H4,15,16,18)(H4,17,19,20,21,24,25);2*1H/t7-,8-;;/m0../s1. The molecule has 0 spiro atoms. The largest absolute Gasteiger partial charge is 0.370 e. The van der Waals surface area contributed by atoms with Gasteiger partial charge in [-0.2, -0.15) is 0 Å². The highest BCUT2D eigenvalue weighted by Crippen LogP contribution is 2.08. The molecule has 27 heavy (non-hydrogen) atoms. The van der Waals surface area contributed by atoms with Crippen LogP contribution < -0.4 is 33.6 Å². The first kappa shape index (κ1) is 26.9. The van der Waals surface area contributed by atoms with Crippen molar-refractivity contribution in [2.24, 2.45) is 32.9 Å². The average Bonchev–Trinajstić information content (AvgIpc) is 2.50. The Bertz CT molecular complexity index is 581. The van der Waals surface area contributed by atoms with Crippen LogP contribution in [0, 0.1) is 0 Å². The maximum Gasteiger partial charge on any atom is 0.318 e. The number of nitrogens with two attached hydrogens (primary N) is 4. The number of rotatable bonds is 7. The molecule has 0 fully saturated rings. The Hall–Kier alpha value is -2.31. The predicted octanol–water partition coefficient (Wildman–Crippen LogP) is -2.42. The maximum absolute atomic E-state index is 12.3. The number of amides is 4. The number of urea groups is 1. The summed E-state index contributed by atoms with van der Waals surface area (Å²) in [5, 5.41) is 4.55. The van der Waals surface area contributed by atoms with E-state index in [0.29, 0.717) is 19.4 Å². The lowest BCUT2D eigenvalue weighted by Crippen LogP contribution is -2.58. The van der Waals surface area contributed by atoms with E-state index in [1.165, 1.54) is 11.9 Å². The first-order chi connectivity index (χ1) is 11.7. The molecule has 1 rings (SSSR count). The summed E-state index contributed by atoms with van der Waals surface area (Å²) in [6.45, 7) is 0.457. The van der Waals surface area contributed by atoms with Gasteiger partial charge >= 0.3 is 6.03 Å². The molecule has 12 nitrogen and oxygen atoms in total. The number of aliphatic imine (C=N–C) groups is 2. The molecule has 0 aromatic rings. The molecule has 2 atom stereocenters. The summed E-state index contributed by atoms with van der Waals surface area (Å²) in [5.74, 6) is -0.767. The molecule has 0 saturated carbocycles. The number of carbonyl (C=O) groups is 3. The van der Waals surface area contributed by atoms with E-state index < -0.39 is 18.0 Å². The molecule has 1 aliphatic rings. The van der Waals surface area contributed by atoms with Crippen molar-refractivity contribution in [1.29, 1.82) is 0 Å². The fourth-order valence-electron chi connectivity index (χ4n) is 2.19. The number of nitrogens with zero attached hydrogens (tertiary/aromatic N) is 3. The molecular formula is C13H27Cl2N9O3. The van der Waals surface area contributed by atoms with E-state index in [1.807, 2.05) is 0 Å². The Kier molecular flexibility index (Phi) is 12.9. The van der Waals surface area contributed by atoms with Gasteiger partial charge < -0.3 is 27.8 Å². The topological polar surface area (TPSA) is 207 Å². The Morgan fingerprint density at radius 3 is 2.52 bits per heavy atom. The second-order valence-corrected chi connectivity index (χ2v) is 5.60. The monoisotopic (exact) mass is 427 g/mol. The van der Waals surface area contributed by atoms with Crippen LogP contribution in [0.5, 0.6) is 0 Å². The Labute approximate surface area is 169 Å². The second-order valence-electron chi connectivity index (χ2n) is 5.60. The number of carbonyl (C=O) groups excluding carboxylic acids is 3. The van der Waals surface area contributed by atoms with Crippen LogP contribution >= 0.6 is 24.8 Å². The van der Waals surface area contributed by atoms with Crippen molar-refractivity contribution in [2.75, 3.05) is 20.1 Å². The minimum absolute atomic E-state index is 0. The molecular weight excluding hydrogens is 401 g/mol. The SMILES string of the molecule is CN(C(=O)C[C@@H](N)CCCN=C(N)N)[C@H]1CN=C(NC(N)=O)NC1=O.Cl.Cl. The van der Waals surface area contributed by atoms with E-state index in [9.17, 15) is 14.4 Å². The molecule has 4 amide bonds. The normalized spacial score (nSPS) is 16.4. The van der Waals surface area contributed by atoms with Crippen molar-refractivity contribution in [3.63, 3.8) is 0 Å². The maximum atomic E-state index is 12.3. The summed E-state index contributed by atoms with van der Waals surface area (Å²) < 4.78 is 0. The molecule has 0 saturated heterocycles. The third-order valence-electron chi connectivity index (χ3n) is 3.53. The van der Waals surface area contributed by atoms with Gasteiger partial charge in [0.25, 0.3) is 5.91 Å². The zero-order valence-corrected chi connectivity index (χ0v) is 16.5. The van der Waals surface area contributed by atoms with Gasteiger partial charge in [-0.25, -0.2) is 9.79 Å². The van der Waals surface area contributed by atoms with Gasteiger partial charge in [0.15, 0.2) is 5.96 Å². The lowest BCUT2D eigenvalue weighted by Gasteiger charge is -2.30. The summed E-state index contributed by atoms with van der Waals surface area (Å²) in [6.07, 6.45) is 1.29. The summed E-state index contributed by atoms with van der Waals surface area (Å²) >= 11 is 0. The minimum atomic E-state index is -0.839. The number of hydrogen-bond acceptors (Lipinski definition) is 6. The van der Waals surface area contributed by atoms with Gasteiger partial charge in [-0.15, -0.1) is 24.8 Å². The van der Waals surface area contributed by atoms with Crippen molar-refractivity contribution >= 4 is 54.6 Å². The number of nitrogens with one attached hydrogen (secondary N) is 2. The highest BCUT2D eigenvalue weighted by Gasteiger charge is 2.31. The summed E-state index contributed by atoms with van der Waals surface area (Å²) in [7, 11) is 1.50. The number of guanidine groups is 2. The zero-order valence-electron chi connectivity index (χ0n) is 14.9. The smallest absolute Gasteiger partial charge is 0.318 e. The van der Waals surface area contributed by atoms with Crippen LogP contribution in [0.1, 0.15) is 19.3 Å². The van der Waals surface area contributed by atoms with Crippen molar-refractivity contribution in [2.45, 2.75) is 31.3 Å². The molecule has 0 aliphatic carbocycles. The average molecular weight is 428 g/mol. The molecule has 1 aliphatic heterocycles. The molecule has 1 heterocycles. The predicted molar refractivity (Wildman–Crippen MR) is 107 cm³/mol. The lowest BCUT2D eigenvalue weighted by atomic mass is 10.1. The van der Waals surface area contributed by atoms with Crippen molar-refractivity contribution in [3.8, 4) is 0 Å². The number of primary amides is 1. The van der Waals surface area contributed by atoms with Gasteiger partial charge in [0.1, 0.15) is 6.04 Å². The van der Waals surface area contributed by atoms with Crippen molar-refractivity contribution in [1.82, 2.24) is 15.5 Å². The minimum Gasteiger partial charge on any atom is -0.370 e. The van der Waals surface area contributed by atoms with Crippen molar-refractivity contribution in [3.05, 3.63) is 0 Å². The first-order valence-electron chi connectivity index (χ1n) is 7.69.